The minimum Gasteiger partial charge on any atom is -0.396 e. The summed E-state index contributed by atoms with van der Waals surface area (Å²) in [7, 11) is 0. The van der Waals surface area contributed by atoms with Crippen LogP contribution in [0.5, 0.6) is 0 Å². The van der Waals surface area contributed by atoms with Crippen LogP contribution in [0.25, 0.3) is 0 Å². The smallest absolute Gasteiger partial charge is 0.271 e. The summed E-state index contributed by atoms with van der Waals surface area (Å²) in [5.74, 6) is 1.44. The average molecular weight is 443 g/mol. The fourth-order valence-corrected chi connectivity index (χ4v) is 7.43. The number of aliphatic hydroxyl groups excluding tert-OH is 2. The molecule has 0 aromatic heterocycles. The lowest BCUT2D eigenvalue weighted by atomic mass is 9.49. The lowest BCUT2D eigenvalue weighted by molar-refractivity contribution is -0.384. The molecule has 1 aromatic rings. The van der Waals surface area contributed by atoms with Gasteiger partial charge in [0.05, 0.1) is 11.0 Å². The highest BCUT2D eigenvalue weighted by molar-refractivity contribution is 5.51. The van der Waals surface area contributed by atoms with E-state index in [-0.39, 0.29) is 40.1 Å². The van der Waals surface area contributed by atoms with E-state index in [1.807, 2.05) is 6.07 Å². The zero-order chi connectivity index (χ0) is 23.1. The van der Waals surface area contributed by atoms with Crippen LogP contribution in [0, 0.1) is 44.6 Å². The second kappa shape index (κ2) is 8.79. The van der Waals surface area contributed by atoms with Crippen molar-refractivity contribution >= 4 is 11.4 Å². The zero-order valence-electron chi connectivity index (χ0n) is 19.4. The summed E-state index contributed by atoms with van der Waals surface area (Å²) in [4.78, 5) is 10.9. The monoisotopic (exact) mass is 442 g/mol. The maximum Gasteiger partial charge on any atom is 0.271 e. The third-order valence-electron chi connectivity index (χ3n) is 9.56. The summed E-state index contributed by atoms with van der Waals surface area (Å²) in [5.41, 5.74) is 2.37. The standard InChI is InChI=1S/C26H38N2O4/c1-17-7-8-23-22(15-27-19-5-4-6-20(14-19)28(31)32)24(10-12-25(17,23)2)26(3)11-9-21(30)13-18(26)16-29/h4-6,14,18,21-24,27,29-30H,1,7-13,15-16H2,2-3H3/t18-,21+,22-,23?,24?,25+,26+/m1/s1. The van der Waals surface area contributed by atoms with Crippen molar-refractivity contribution in [1.82, 2.24) is 0 Å². The van der Waals surface area contributed by atoms with Gasteiger partial charge in [-0.2, -0.15) is 0 Å². The van der Waals surface area contributed by atoms with E-state index < -0.39 is 0 Å². The van der Waals surface area contributed by atoms with E-state index in [2.05, 4.69) is 25.7 Å². The molecule has 4 rings (SSSR count). The van der Waals surface area contributed by atoms with Crippen LogP contribution in [-0.4, -0.2) is 34.4 Å². The first kappa shape index (κ1) is 23.2. The molecule has 0 aliphatic heterocycles. The van der Waals surface area contributed by atoms with Gasteiger partial charge >= 0.3 is 0 Å². The van der Waals surface area contributed by atoms with Crippen molar-refractivity contribution in [2.45, 2.75) is 64.9 Å². The Morgan fingerprint density at radius 2 is 2.00 bits per heavy atom. The molecule has 0 bridgehead atoms. The SMILES string of the molecule is C=C1CCC2[C@@H](CNc3cccc([N+](=O)[O-])c3)C([C@@]3(C)CC[C@H](O)C[C@@H]3CO)CC[C@@]12C. The number of allylic oxidation sites excluding steroid dienone is 1. The van der Waals surface area contributed by atoms with Gasteiger partial charge in [-0.3, -0.25) is 10.1 Å². The van der Waals surface area contributed by atoms with Crippen molar-refractivity contribution in [3.8, 4) is 0 Å². The first-order valence-corrected chi connectivity index (χ1v) is 12.1. The number of nitro groups is 1. The second-order valence-electron chi connectivity index (χ2n) is 11.0. The molecule has 0 amide bonds. The molecule has 3 fully saturated rings. The summed E-state index contributed by atoms with van der Waals surface area (Å²) in [5, 5.41) is 35.2. The first-order chi connectivity index (χ1) is 15.2. The van der Waals surface area contributed by atoms with Gasteiger partial charge in [0.2, 0.25) is 0 Å². The van der Waals surface area contributed by atoms with Gasteiger partial charge in [-0.25, -0.2) is 0 Å². The number of nitrogens with one attached hydrogen (secondary N) is 1. The van der Waals surface area contributed by atoms with Crippen LogP contribution in [-0.2, 0) is 0 Å². The van der Waals surface area contributed by atoms with E-state index in [9.17, 15) is 20.3 Å². The number of fused-ring (bicyclic) bond motifs is 1. The average Bonchev–Trinajstić information content (AvgIpc) is 3.08. The van der Waals surface area contributed by atoms with E-state index in [4.69, 9.17) is 0 Å². The van der Waals surface area contributed by atoms with Crippen molar-refractivity contribution in [2.75, 3.05) is 18.5 Å². The van der Waals surface area contributed by atoms with Crippen LogP contribution in [0.4, 0.5) is 11.4 Å². The predicted molar refractivity (Wildman–Crippen MR) is 126 cm³/mol. The fourth-order valence-electron chi connectivity index (χ4n) is 7.43. The topological polar surface area (TPSA) is 95.6 Å². The van der Waals surface area contributed by atoms with Gasteiger partial charge in [0.15, 0.2) is 0 Å². The quantitative estimate of drug-likeness (QED) is 0.321. The Morgan fingerprint density at radius 3 is 2.72 bits per heavy atom. The number of aliphatic hydroxyl groups is 2. The third kappa shape index (κ3) is 3.96. The molecule has 0 spiro atoms. The Morgan fingerprint density at radius 1 is 1.22 bits per heavy atom. The van der Waals surface area contributed by atoms with Gasteiger partial charge in [0.25, 0.3) is 5.69 Å². The first-order valence-electron chi connectivity index (χ1n) is 12.1. The molecule has 0 radical (unpaired) electrons. The minimum absolute atomic E-state index is 0.0196. The van der Waals surface area contributed by atoms with Crippen LogP contribution in [0.3, 0.4) is 0 Å². The normalized spacial score (nSPS) is 39.5. The lowest BCUT2D eigenvalue weighted by Crippen LogP contribution is -2.52. The van der Waals surface area contributed by atoms with Crippen LogP contribution in [0.1, 0.15) is 58.8 Å². The fraction of sp³-hybridized carbons (Fsp3) is 0.692. The molecule has 0 heterocycles. The highest BCUT2D eigenvalue weighted by atomic mass is 16.6. The molecular weight excluding hydrogens is 404 g/mol. The van der Waals surface area contributed by atoms with E-state index in [1.54, 1.807) is 12.1 Å². The number of nitrogens with zero attached hydrogens (tertiary/aromatic N) is 1. The molecule has 0 saturated heterocycles. The van der Waals surface area contributed by atoms with Gasteiger partial charge in [-0.15, -0.1) is 0 Å². The molecule has 6 heteroatoms. The second-order valence-corrected chi connectivity index (χ2v) is 11.0. The highest BCUT2D eigenvalue weighted by Crippen LogP contribution is 2.63. The highest BCUT2D eigenvalue weighted by Gasteiger charge is 2.56. The summed E-state index contributed by atoms with van der Waals surface area (Å²) in [6.45, 7) is 10.0. The van der Waals surface area contributed by atoms with Crippen LogP contribution in [0.2, 0.25) is 0 Å². The molecule has 6 nitrogen and oxygen atoms in total. The number of hydrogen-bond donors (Lipinski definition) is 3. The molecule has 3 aliphatic rings. The Bertz CT molecular complexity index is 873. The third-order valence-corrected chi connectivity index (χ3v) is 9.56. The number of non-ortho nitro benzene ring substituents is 1. The number of anilines is 1. The van der Waals surface area contributed by atoms with Crippen molar-refractivity contribution in [3.63, 3.8) is 0 Å². The maximum atomic E-state index is 11.2. The van der Waals surface area contributed by atoms with Crippen molar-refractivity contribution in [3.05, 3.63) is 46.5 Å². The van der Waals surface area contributed by atoms with E-state index in [0.29, 0.717) is 24.2 Å². The van der Waals surface area contributed by atoms with Gasteiger partial charge in [0.1, 0.15) is 0 Å². The molecular formula is C26H38N2O4. The Labute approximate surface area is 191 Å². The molecule has 1 aromatic carbocycles. The largest absolute Gasteiger partial charge is 0.396 e. The summed E-state index contributed by atoms with van der Waals surface area (Å²) >= 11 is 0. The molecule has 3 aliphatic carbocycles. The van der Waals surface area contributed by atoms with Crippen molar-refractivity contribution in [1.29, 1.82) is 0 Å². The van der Waals surface area contributed by atoms with Crippen LogP contribution < -0.4 is 5.32 Å². The van der Waals surface area contributed by atoms with E-state index >= 15 is 0 Å². The van der Waals surface area contributed by atoms with E-state index in [1.165, 1.54) is 11.6 Å². The maximum absolute atomic E-state index is 11.2. The molecule has 3 N–H and O–H groups in total. The number of hydrogen-bond acceptors (Lipinski definition) is 5. The van der Waals surface area contributed by atoms with Crippen LogP contribution in [0.15, 0.2) is 36.4 Å². The van der Waals surface area contributed by atoms with Crippen molar-refractivity contribution < 1.29 is 15.1 Å². The molecule has 32 heavy (non-hydrogen) atoms. The summed E-state index contributed by atoms with van der Waals surface area (Å²) in [6, 6.07) is 6.76. The Hall–Kier alpha value is -1.92. The minimum atomic E-state index is -0.354. The number of benzene rings is 1. The van der Waals surface area contributed by atoms with Gasteiger partial charge in [-0.1, -0.05) is 32.1 Å². The van der Waals surface area contributed by atoms with E-state index in [0.717, 1.165) is 50.8 Å². The zero-order valence-corrected chi connectivity index (χ0v) is 19.4. The Kier molecular flexibility index (Phi) is 6.38. The van der Waals surface area contributed by atoms with Crippen LogP contribution >= 0.6 is 0 Å². The summed E-state index contributed by atoms with van der Waals surface area (Å²) in [6.07, 6.45) is 6.51. The molecule has 3 saturated carbocycles. The lowest BCUT2D eigenvalue weighted by Gasteiger charge is -2.56. The molecule has 2 unspecified atom stereocenters. The van der Waals surface area contributed by atoms with Gasteiger partial charge in [-0.05, 0) is 85.5 Å². The number of rotatable bonds is 6. The Balaban J connectivity index is 1.63. The van der Waals surface area contributed by atoms with Gasteiger partial charge < -0.3 is 15.5 Å². The van der Waals surface area contributed by atoms with Gasteiger partial charge in [0, 0.05) is 31.0 Å². The summed E-state index contributed by atoms with van der Waals surface area (Å²) < 4.78 is 0. The molecule has 176 valence electrons. The predicted octanol–water partition coefficient (Wildman–Crippen LogP) is 5.17. The number of nitro benzene ring substituents is 1. The van der Waals surface area contributed by atoms with Crippen molar-refractivity contribution in [2.24, 2.45) is 34.5 Å². The molecule has 7 atom stereocenters.